The molecule has 29 heavy (non-hydrogen) atoms. The third kappa shape index (κ3) is 5.50. The number of thioether (sulfide) groups is 1. The molecule has 2 heterocycles. The van der Waals surface area contributed by atoms with E-state index in [1.807, 2.05) is 65.8 Å². The van der Waals surface area contributed by atoms with Crippen molar-refractivity contribution in [3.8, 4) is 11.6 Å². The first kappa shape index (κ1) is 21.2. The highest BCUT2D eigenvalue weighted by Crippen LogP contribution is 2.26. The number of hydrogen-bond donors (Lipinski definition) is 0. The minimum Gasteiger partial charge on any atom is -0.461 e. The second-order valence-corrected chi connectivity index (χ2v) is 8.62. The molecule has 6 nitrogen and oxygen atoms in total. The van der Waals surface area contributed by atoms with Gasteiger partial charge in [0.25, 0.3) is 0 Å². The maximum absolute atomic E-state index is 13.0. The molecule has 0 radical (unpaired) electrons. The normalized spacial score (nSPS) is 11.4. The second-order valence-electron chi connectivity index (χ2n) is 7.68. The average molecular weight is 413 g/mol. The van der Waals surface area contributed by atoms with Crippen molar-refractivity contribution in [1.82, 2.24) is 19.7 Å². The molecule has 0 saturated carbocycles. The van der Waals surface area contributed by atoms with Crippen LogP contribution in [-0.4, -0.2) is 37.4 Å². The molecule has 0 atom stereocenters. The number of carbonyl (C=O) groups excluding carboxylic acids is 1. The third-order valence-corrected chi connectivity index (χ3v) is 5.42. The molecule has 0 aliphatic heterocycles. The lowest BCUT2D eigenvalue weighted by molar-refractivity contribution is -0.130. The Morgan fingerprint density at radius 1 is 1.10 bits per heavy atom. The summed E-state index contributed by atoms with van der Waals surface area (Å²) in [6, 6.07) is 13.9. The van der Waals surface area contributed by atoms with E-state index in [0.29, 0.717) is 29.8 Å². The van der Waals surface area contributed by atoms with Gasteiger partial charge in [0.05, 0.1) is 12.0 Å². The van der Waals surface area contributed by atoms with Crippen LogP contribution in [0.15, 0.2) is 58.3 Å². The molecule has 0 aliphatic rings. The molecule has 0 unspecified atom stereocenters. The summed E-state index contributed by atoms with van der Waals surface area (Å²) in [4.78, 5) is 14.9. The molecule has 1 amide bonds. The van der Waals surface area contributed by atoms with Gasteiger partial charge in [0.15, 0.2) is 16.7 Å². The molecular weight excluding hydrogens is 384 g/mol. The fourth-order valence-electron chi connectivity index (χ4n) is 3.06. The van der Waals surface area contributed by atoms with Crippen LogP contribution in [0.2, 0.25) is 0 Å². The summed E-state index contributed by atoms with van der Waals surface area (Å²) in [7, 11) is 0. The Kier molecular flexibility index (Phi) is 7.14. The summed E-state index contributed by atoms with van der Waals surface area (Å²) in [5, 5.41) is 9.38. The number of hydrogen-bond acceptors (Lipinski definition) is 5. The molecule has 0 saturated heterocycles. The largest absolute Gasteiger partial charge is 0.461 e. The van der Waals surface area contributed by atoms with Gasteiger partial charge < -0.3 is 9.32 Å². The SMILES string of the molecule is CC(C)Cn1c(SCC(=O)N(Cc2ccccc2)C(C)C)nnc1-c1ccco1. The van der Waals surface area contributed by atoms with E-state index >= 15 is 0 Å². The second kappa shape index (κ2) is 9.78. The van der Waals surface area contributed by atoms with Gasteiger partial charge in [0.1, 0.15) is 0 Å². The quantitative estimate of drug-likeness (QED) is 0.476. The number of carbonyl (C=O) groups is 1. The Labute approximate surface area is 176 Å². The summed E-state index contributed by atoms with van der Waals surface area (Å²) in [5.74, 6) is 2.21. The monoisotopic (exact) mass is 412 g/mol. The highest BCUT2D eigenvalue weighted by Gasteiger charge is 2.21. The smallest absolute Gasteiger partial charge is 0.233 e. The lowest BCUT2D eigenvalue weighted by Gasteiger charge is -2.27. The van der Waals surface area contributed by atoms with Crippen molar-refractivity contribution in [3.05, 3.63) is 54.3 Å². The highest BCUT2D eigenvalue weighted by atomic mass is 32.2. The van der Waals surface area contributed by atoms with E-state index in [1.54, 1.807) is 6.26 Å². The Bertz CT molecular complexity index is 904. The van der Waals surface area contributed by atoms with Gasteiger partial charge in [0.2, 0.25) is 5.91 Å². The molecule has 1 aromatic carbocycles. The van der Waals surface area contributed by atoms with Crippen LogP contribution in [-0.2, 0) is 17.9 Å². The van der Waals surface area contributed by atoms with Crippen molar-refractivity contribution in [2.24, 2.45) is 5.92 Å². The van der Waals surface area contributed by atoms with Gasteiger partial charge in [-0.1, -0.05) is 55.9 Å². The third-order valence-electron chi connectivity index (χ3n) is 4.47. The fraction of sp³-hybridized carbons (Fsp3) is 0.409. The van der Waals surface area contributed by atoms with Gasteiger partial charge in [0, 0.05) is 19.1 Å². The lowest BCUT2D eigenvalue weighted by Crippen LogP contribution is -2.37. The number of nitrogens with zero attached hydrogens (tertiary/aromatic N) is 4. The van der Waals surface area contributed by atoms with Crippen LogP contribution < -0.4 is 0 Å². The molecule has 0 bridgehead atoms. The summed E-state index contributed by atoms with van der Waals surface area (Å²) >= 11 is 1.43. The molecule has 0 fully saturated rings. The molecule has 0 aliphatic carbocycles. The summed E-state index contributed by atoms with van der Waals surface area (Å²) in [5.41, 5.74) is 1.13. The van der Waals surface area contributed by atoms with Gasteiger partial charge in [-0.3, -0.25) is 9.36 Å². The van der Waals surface area contributed by atoms with Crippen molar-refractivity contribution < 1.29 is 9.21 Å². The zero-order valence-electron chi connectivity index (χ0n) is 17.4. The van der Waals surface area contributed by atoms with E-state index in [4.69, 9.17) is 4.42 Å². The number of aromatic nitrogens is 3. The van der Waals surface area contributed by atoms with E-state index in [2.05, 4.69) is 24.0 Å². The van der Waals surface area contributed by atoms with Crippen LogP contribution in [0.1, 0.15) is 33.3 Å². The molecule has 7 heteroatoms. The number of furan rings is 1. The van der Waals surface area contributed by atoms with Crippen molar-refractivity contribution in [2.45, 2.75) is 52.0 Å². The maximum Gasteiger partial charge on any atom is 0.233 e. The standard InChI is InChI=1S/C22H28N4O2S/c1-16(2)13-26-21(19-11-8-12-28-19)23-24-22(26)29-15-20(27)25(17(3)4)14-18-9-6-5-7-10-18/h5-12,16-17H,13-15H2,1-4H3. The average Bonchev–Trinajstić information content (AvgIpc) is 3.34. The molecule has 154 valence electrons. The molecular formula is C22H28N4O2S. The molecule has 0 N–H and O–H groups in total. The Hall–Kier alpha value is -2.54. The zero-order valence-corrected chi connectivity index (χ0v) is 18.2. The van der Waals surface area contributed by atoms with E-state index in [0.717, 1.165) is 17.3 Å². The molecule has 3 aromatic rings. The summed E-state index contributed by atoms with van der Waals surface area (Å²) in [6.45, 7) is 9.74. The first-order chi connectivity index (χ1) is 14.0. The van der Waals surface area contributed by atoms with Gasteiger partial charge in [-0.2, -0.15) is 0 Å². The van der Waals surface area contributed by atoms with Crippen molar-refractivity contribution in [2.75, 3.05) is 5.75 Å². The van der Waals surface area contributed by atoms with E-state index < -0.39 is 0 Å². The van der Waals surface area contributed by atoms with Gasteiger partial charge in [-0.25, -0.2) is 0 Å². The predicted molar refractivity (Wildman–Crippen MR) is 115 cm³/mol. The van der Waals surface area contributed by atoms with E-state index in [1.165, 1.54) is 11.8 Å². The zero-order chi connectivity index (χ0) is 20.8. The Morgan fingerprint density at radius 2 is 1.86 bits per heavy atom. The van der Waals surface area contributed by atoms with Crippen LogP contribution in [0.5, 0.6) is 0 Å². The maximum atomic E-state index is 13.0. The highest BCUT2D eigenvalue weighted by molar-refractivity contribution is 7.99. The fourth-order valence-corrected chi connectivity index (χ4v) is 3.90. The predicted octanol–water partition coefficient (Wildman–Crippen LogP) is 4.72. The van der Waals surface area contributed by atoms with Gasteiger partial charge in [-0.05, 0) is 37.5 Å². The van der Waals surface area contributed by atoms with E-state index in [-0.39, 0.29) is 11.9 Å². The van der Waals surface area contributed by atoms with E-state index in [9.17, 15) is 4.79 Å². The number of rotatable bonds is 9. The van der Waals surface area contributed by atoms with Crippen LogP contribution in [0.25, 0.3) is 11.6 Å². The van der Waals surface area contributed by atoms with Crippen LogP contribution in [0.4, 0.5) is 0 Å². The number of benzene rings is 1. The van der Waals surface area contributed by atoms with Crippen LogP contribution in [0, 0.1) is 5.92 Å². The van der Waals surface area contributed by atoms with Crippen molar-refractivity contribution >= 4 is 17.7 Å². The van der Waals surface area contributed by atoms with Crippen LogP contribution in [0.3, 0.4) is 0 Å². The van der Waals surface area contributed by atoms with Gasteiger partial charge >= 0.3 is 0 Å². The van der Waals surface area contributed by atoms with Crippen LogP contribution >= 0.6 is 11.8 Å². The van der Waals surface area contributed by atoms with Gasteiger partial charge in [-0.15, -0.1) is 10.2 Å². The Morgan fingerprint density at radius 3 is 2.48 bits per heavy atom. The van der Waals surface area contributed by atoms with Crippen molar-refractivity contribution in [1.29, 1.82) is 0 Å². The minimum atomic E-state index is 0.0903. The summed E-state index contributed by atoms with van der Waals surface area (Å²) in [6.07, 6.45) is 1.63. The minimum absolute atomic E-state index is 0.0903. The number of amides is 1. The topological polar surface area (TPSA) is 64.2 Å². The first-order valence-electron chi connectivity index (χ1n) is 9.89. The van der Waals surface area contributed by atoms with Crippen molar-refractivity contribution in [3.63, 3.8) is 0 Å². The molecule has 2 aromatic heterocycles. The Balaban J connectivity index is 1.73. The molecule has 0 spiro atoms. The molecule has 3 rings (SSSR count). The first-order valence-corrected chi connectivity index (χ1v) is 10.9. The summed E-state index contributed by atoms with van der Waals surface area (Å²) < 4.78 is 7.55. The lowest BCUT2D eigenvalue weighted by atomic mass is 10.2.